The van der Waals surface area contributed by atoms with Gasteiger partial charge in [0.1, 0.15) is 0 Å². The molecule has 1 aliphatic heterocycles. The minimum absolute atomic E-state index is 0.0131. The van der Waals surface area contributed by atoms with Crippen molar-refractivity contribution in [1.29, 1.82) is 0 Å². The van der Waals surface area contributed by atoms with Gasteiger partial charge in [0.05, 0.1) is 5.56 Å². The van der Waals surface area contributed by atoms with Gasteiger partial charge in [-0.15, -0.1) is 5.10 Å². The van der Waals surface area contributed by atoms with E-state index >= 15 is 0 Å². The Morgan fingerprint density at radius 1 is 1.21 bits per heavy atom. The molecule has 3 heterocycles. The fourth-order valence-corrected chi connectivity index (χ4v) is 4.17. The van der Waals surface area contributed by atoms with Gasteiger partial charge in [0.2, 0.25) is 11.8 Å². The van der Waals surface area contributed by atoms with Gasteiger partial charge in [0, 0.05) is 44.6 Å². The highest BCUT2D eigenvalue weighted by molar-refractivity contribution is 5.97. The monoisotopic (exact) mass is 476 g/mol. The molecule has 4 N–H and O–H groups in total. The number of likely N-dealkylation sites (tertiary alicyclic amines) is 1. The molecule has 3 aliphatic rings. The standard InChI is InChI=1S/C22H26F2N6O4/c23-22(24)7-9-28(10-8-22)15(31)6-5-14-17(25)27-30-19(14)29(11-12-1-2-12)20(33)16(21(30)34)18(32)26-13-3-4-13/h5-6,12-13,33H,1-4,7-11H2,(H2,25,27)(H,26,32)/b6-5+. The Hall–Kier alpha value is -3.44. The van der Waals surface area contributed by atoms with E-state index in [9.17, 15) is 28.3 Å². The minimum atomic E-state index is -2.77. The van der Waals surface area contributed by atoms with Gasteiger partial charge in [-0.1, -0.05) is 0 Å². The Kier molecular flexibility index (Phi) is 5.33. The molecule has 0 atom stereocenters. The zero-order valence-electron chi connectivity index (χ0n) is 18.5. The Morgan fingerprint density at radius 2 is 1.88 bits per heavy atom. The van der Waals surface area contributed by atoms with E-state index in [1.54, 1.807) is 0 Å². The van der Waals surface area contributed by atoms with Crippen LogP contribution >= 0.6 is 0 Å². The van der Waals surface area contributed by atoms with Gasteiger partial charge in [0.15, 0.2) is 17.0 Å². The highest BCUT2D eigenvalue weighted by Gasteiger charge is 2.35. The number of hydrogen-bond donors (Lipinski definition) is 3. The molecule has 0 unspecified atom stereocenters. The lowest BCUT2D eigenvalue weighted by atomic mass is 10.1. The zero-order valence-corrected chi connectivity index (χ0v) is 18.5. The third-order valence-electron chi connectivity index (χ3n) is 6.54. The maximum Gasteiger partial charge on any atom is 0.291 e. The average molecular weight is 476 g/mol. The number of nitrogen functional groups attached to an aromatic ring is 1. The number of anilines is 1. The molecule has 0 bridgehead atoms. The maximum atomic E-state index is 13.4. The molecule has 2 aromatic heterocycles. The summed E-state index contributed by atoms with van der Waals surface area (Å²) in [5.41, 5.74) is 5.26. The molecular formula is C22H26F2N6O4. The number of halogens is 2. The van der Waals surface area contributed by atoms with Gasteiger partial charge in [-0.2, -0.15) is 4.52 Å². The van der Waals surface area contributed by atoms with Crippen molar-refractivity contribution in [3.8, 4) is 5.88 Å². The van der Waals surface area contributed by atoms with Crippen LogP contribution in [0.4, 0.5) is 14.6 Å². The van der Waals surface area contributed by atoms with Crippen LogP contribution in [0.1, 0.15) is 54.4 Å². The third kappa shape index (κ3) is 4.24. The molecule has 34 heavy (non-hydrogen) atoms. The van der Waals surface area contributed by atoms with E-state index in [0.717, 1.165) is 30.2 Å². The molecule has 2 aliphatic carbocycles. The summed E-state index contributed by atoms with van der Waals surface area (Å²) in [6.07, 6.45) is 5.29. The molecule has 2 aromatic rings. The number of amides is 2. The van der Waals surface area contributed by atoms with Gasteiger partial charge in [-0.05, 0) is 37.7 Å². The summed E-state index contributed by atoms with van der Waals surface area (Å²) < 4.78 is 29.2. The number of nitrogens with zero attached hydrogens (tertiary/aromatic N) is 4. The molecule has 0 spiro atoms. The summed E-state index contributed by atoms with van der Waals surface area (Å²) in [6, 6.07) is -0.0131. The van der Waals surface area contributed by atoms with Gasteiger partial charge >= 0.3 is 0 Å². The van der Waals surface area contributed by atoms with E-state index in [1.165, 1.54) is 21.6 Å². The molecule has 0 radical (unpaired) electrons. The number of carbonyl (C=O) groups excluding carboxylic acids is 2. The highest BCUT2D eigenvalue weighted by atomic mass is 19.3. The van der Waals surface area contributed by atoms with Crippen LogP contribution in [0.15, 0.2) is 10.9 Å². The fraction of sp³-hybridized carbons (Fsp3) is 0.545. The quantitative estimate of drug-likeness (QED) is 0.539. The molecule has 2 saturated carbocycles. The second-order valence-electron chi connectivity index (χ2n) is 9.35. The van der Waals surface area contributed by atoms with Crippen LogP contribution in [0, 0.1) is 5.92 Å². The van der Waals surface area contributed by atoms with Crippen LogP contribution in [0.5, 0.6) is 5.88 Å². The number of nitrogens with two attached hydrogens (primary N) is 1. The van der Waals surface area contributed by atoms with Crippen molar-refractivity contribution in [3.63, 3.8) is 0 Å². The second-order valence-corrected chi connectivity index (χ2v) is 9.35. The second kappa shape index (κ2) is 8.10. The van der Waals surface area contributed by atoms with Crippen LogP contribution in [-0.2, 0) is 11.3 Å². The first kappa shape index (κ1) is 22.4. The summed E-state index contributed by atoms with van der Waals surface area (Å²) in [5.74, 6) is -4.17. The van der Waals surface area contributed by atoms with Gasteiger partial charge in [-0.25, -0.2) is 8.78 Å². The summed E-state index contributed by atoms with van der Waals surface area (Å²) in [4.78, 5) is 39.7. The van der Waals surface area contributed by atoms with Crippen molar-refractivity contribution in [2.45, 2.75) is 57.0 Å². The van der Waals surface area contributed by atoms with Gasteiger partial charge < -0.3 is 21.1 Å². The lowest BCUT2D eigenvalue weighted by Gasteiger charge is -2.30. The number of carbonyl (C=O) groups is 2. The maximum absolute atomic E-state index is 13.4. The van der Waals surface area contributed by atoms with E-state index < -0.39 is 47.6 Å². The van der Waals surface area contributed by atoms with Crippen LogP contribution in [-0.4, -0.2) is 61.1 Å². The molecule has 3 fully saturated rings. The van der Waals surface area contributed by atoms with E-state index in [1.807, 2.05) is 0 Å². The van der Waals surface area contributed by atoms with Crippen LogP contribution in [0.25, 0.3) is 11.7 Å². The number of nitrogens with one attached hydrogen (secondary N) is 1. The summed E-state index contributed by atoms with van der Waals surface area (Å²) >= 11 is 0. The van der Waals surface area contributed by atoms with E-state index in [-0.39, 0.29) is 42.1 Å². The van der Waals surface area contributed by atoms with Crippen molar-refractivity contribution in [2.24, 2.45) is 5.92 Å². The van der Waals surface area contributed by atoms with Crippen molar-refractivity contribution in [2.75, 3.05) is 18.8 Å². The van der Waals surface area contributed by atoms with E-state index in [0.29, 0.717) is 6.54 Å². The number of piperidine rings is 1. The average Bonchev–Trinajstić information content (AvgIpc) is 3.70. The van der Waals surface area contributed by atoms with Crippen LogP contribution in [0.3, 0.4) is 0 Å². The predicted molar refractivity (Wildman–Crippen MR) is 119 cm³/mol. The first-order valence-corrected chi connectivity index (χ1v) is 11.4. The lowest BCUT2D eigenvalue weighted by Crippen LogP contribution is -2.42. The topological polar surface area (TPSA) is 135 Å². The van der Waals surface area contributed by atoms with E-state index in [2.05, 4.69) is 10.4 Å². The predicted octanol–water partition coefficient (Wildman–Crippen LogP) is 1.36. The van der Waals surface area contributed by atoms with Crippen LogP contribution < -0.4 is 16.6 Å². The summed E-state index contributed by atoms with van der Waals surface area (Å²) in [5, 5.41) is 17.8. The molecule has 1 saturated heterocycles. The number of fused-ring (bicyclic) bond motifs is 1. The smallest absolute Gasteiger partial charge is 0.291 e. The highest BCUT2D eigenvalue weighted by Crippen LogP contribution is 2.35. The van der Waals surface area contributed by atoms with Crippen molar-refractivity contribution < 1.29 is 23.5 Å². The van der Waals surface area contributed by atoms with Gasteiger partial charge in [0.25, 0.3) is 17.4 Å². The SMILES string of the molecule is Nc1nn2c(=O)c(C(=O)NC3CC3)c(O)n(CC3CC3)c2c1/C=C/C(=O)N1CCC(F)(F)CC1. The number of aromatic nitrogens is 3. The Morgan fingerprint density at radius 3 is 2.50 bits per heavy atom. The molecule has 182 valence electrons. The summed E-state index contributed by atoms with van der Waals surface area (Å²) in [7, 11) is 0. The molecular weight excluding hydrogens is 450 g/mol. The van der Waals surface area contributed by atoms with Crippen molar-refractivity contribution in [1.82, 2.24) is 24.4 Å². The minimum Gasteiger partial charge on any atom is -0.494 e. The Labute approximate surface area is 193 Å². The number of hydrogen-bond acceptors (Lipinski definition) is 6. The number of aromatic hydroxyl groups is 1. The van der Waals surface area contributed by atoms with E-state index in [4.69, 9.17) is 5.73 Å². The first-order valence-electron chi connectivity index (χ1n) is 11.4. The first-order chi connectivity index (χ1) is 16.1. The molecule has 2 amide bonds. The third-order valence-corrected chi connectivity index (χ3v) is 6.54. The number of alkyl halides is 2. The van der Waals surface area contributed by atoms with Crippen molar-refractivity contribution >= 4 is 29.4 Å². The van der Waals surface area contributed by atoms with Crippen molar-refractivity contribution in [3.05, 3.63) is 27.6 Å². The molecule has 10 nitrogen and oxygen atoms in total. The Balaban J connectivity index is 1.53. The Bertz CT molecular complexity index is 1250. The largest absolute Gasteiger partial charge is 0.494 e. The van der Waals surface area contributed by atoms with Crippen LogP contribution in [0.2, 0.25) is 0 Å². The lowest BCUT2D eigenvalue weighted by molar-refractivity contribution is -0.132. The fourth-order valence-electron chi connectivity index (χ4n) is 4.17. The molecule has 5 rings (SSSR count). The molecule has 0 aromatic carbocycles. The zero-order chi connectivity index (χ0) is 24.2. The van der Waals surface area contributed by atoms with Gasteiger partial charge in [-0.3, -0.25) is 19.0 Å². The summed E-state index contributed by atoms with van der Waals surface area (Å²) in [6.45, 7) is 0.223. The number of rotatable bonds is 6. The normalized spacial score (nSPS) is 20.2. The molecule has 12 heteroatoms.